The van der Waals surface area contributed by atoms with Gasteiger partial charge in [0, 0.05) is 10.0 Å². The standard InChI is InChI=1S/C16H16BrF2N/c1-3-20-16(11-7-8-12(17)10(2)9-11)15-13(18)5-4-6-14(15)19/h4-9,16,20H,3H2,1-2H3. The van der Waals surface area contributed by atoms with E-state index in [0.29, 0.717) is 6.54 Å². The van der Waals surface area contributed by atoms with Crippen LogP contribution < -0.4 is 5.32 Å². The van der Waals surface area contributed by atoms with Crippen molar-refractivity contribution in [2.24, 2.45) is 0 Å². The Morgan fingerprint density at radius 2 is 1.80 bits per heavy atom. The van der Waals surface area contributed by atoms with Crippen LogP contribution in [0.4, 0.5) is 8.78 Å². The van der Waals surface area contributed by atoms with Crippen LogP contribution in [0.1, 0.15) is 29.7 Å². The fourth-order valence-corrected chi connectivity index (χ4v) is 2.47. The normalized spacial score (nSPS) is 12.4. The molecule has 0 radical (unpaired) electrons. The van der Waals surface area contributed by atoms with Crippen molar-refractivity contribution in [3.8, 4) is 0 Å². The van der Waals surface area contributed by atoms with Crippen LogP contribution in [0.5, 0.6) is 0 Å². The number of halogens is 3. The second kappa shape index (κ2) is 6.46. The molecule has 2 aromatic rings. The minimum atomic E-state index is -0.531. The molecule has 2 rings (SSSR count). The quantitative estimate of drug-likeness (QED) is 0.848. The summed E-state index contributed by atoms with van der Waals surface area (Å²) in [6.07, 6.45) is 0. The number of aryl methyl sites for hydroxylation is 1. The maximum atomic E-state index is 14.0. The first-order valence-electron chi connectivity index (χ1n) is 6.48. The zero-order valence-corrected chi connectivity index (χ0v) is 13.0. The number of benzene rings is 2. The second-order valence-electron chi connectivity index (χ2n) is 4.63. The first-order chi connectivity index (χ1) is 9.54. The molecule has 0 aromatic heterocycles. The van der Waals surface area contributed by atoms with Gasteiger partial charge >= 0.3 is 0 Å². The highest BCUT2D eigenvalue weighted by atomic mass is 79.9. The van der Waals surface area contributed by atoms with Crippen LogP contribution in [0.25, 0.3) is 0 Å². The third-order valence-corrected chi connectivity index (χ3v) is 4.10. The van der Waals surface area contributed by atoms with Crippen molar-refractivity contribution in [3.05, 3.63) is 69.2 Å². The monoisotopic (exact) mass is 339 g/mol. The summed E-state index contributed by atoms with van der Waals surface area (Å²) < 4.78 is 29.0. The van der Waals surface area contributed by atoms with Gasteiger partial charge in [0.05, 0.1) is 6.04 Å². The van der Waals surface area contributed by atoms with Crippen LogP contribution in [-0.2, 0) is 0 Å². The summed E-state index contributed by atoms with van der Waals surface area (Å²) in [6.45, 7) is 4.49. The number of nitrogens with one attached hydrogen (secondary N) is 1. The Bertz CT molecular complexity index is 593. The minimum absolute atomic E-state index is 0.0658. The largest absolute Gasteiger partial charge is 0.306 e. The van der Waals surface area contributed by atoms with E-state index in [1.54, 1.807) is 0 Å². The summed E-state index contributed by atoms with van der Waals surface area (Å²) in [5, 5.41) is 3.15. The molecular formula is C16H16BrF2N. The van der Waals surface area contributed by atoms with E-state index in [1.165, 1.54) is 18.2 Å². The van der Waals surface area contributed by atoms with Gasteiger partial charge in [0.15, 0.2) is 0 Å². The van der Waals surface area contributed by atoms with Gasteiger partial charge in [0.2, 0.25) is 0 Å². The number of rotatable bonds is 4. The molecule has 0 amide bonds. The third-order valence-electron chi connectivity index (χ3n) is 3.21. The van der Waals surface area contributed by atoms with E-state index in [4.69, 9.17) is 0 Å². The van der Waals surface area contributed by atoms with Crippen LogP contribution in [-0.4, -0.2) is 6.54 Å². The number of hydrogen-bond donors (Lipinski definition) is 1. The maximum absolute atomic E-state index is 14.0. The summed E-state index contributed by atoms with van der Waals surface area (Å²) in [7, 11) is 0. The van der Waals surface area contributed by atoms with Gasteiger partial charge in [0.25, 0.3) is 0 Å². The molecule has 0 aliphatic carbocycles. The van der Waals surface area contributed by atoms with Gasteiger partial charge in [-0.25, -0.2) is 8.78 Å². The highest BCUT2D eigenvalue weighted by Gasteiger charge is 2.21. The third kappa shape index (κ3) is 3.07. The van der Waals surface area contributed by atoms with Gasteiger partial charge in [-0.3, -0.25) is 0 Å². The van der Waals surface area contributed by atoms with Gasteiger partial charge in [0.1, 0.15) is 11.6 Å². The lowest BCUT2D eigenvalue weighted by molar-refractivity contribution is 0.510. The Balaban J connectivity index is 2.53. The SMILES string of the molecule is CCNC(c1ccc(Br)c(C)c1)c1c(F)cccc1F. The molecular weight excluding hydrogens is 324 g/mol. The van der Waals surface area contributed by atoms with E-state index < -0.39 is 17.7 Å². The van der Waals surface area contributed by atoms with Crippen molar-refractivity contribution in [3.63, 3.8) is 0 Å². The van der Waals surface area contributed by atoms with E-state index in [2.05, 4.69) is 21.2 Å². The van der Waals surface area contributed by atoms with Crippen LogP contribution >= 0.6 is 15.9 Å². The van der Waals surface area contributed by atoms with Gasteiger partial charge < -0.3 is 5.32 Å². The van der Waals surface area contributed by atoms with Crippen LogP contribution in [0.2, 0.25) is 0 Å². The molecule has 4 heteroatoms. The predicted molar refractivity (Wildman–Crippen MR) is 80.8 cm³/mol. The fraction of sp³-hybridized carbons (Fsp3) is 0.250. The van der Waals surface area contributed by atoms with Crippen LogP contribution in [0.3, 0.4) is 0 Å². The first kappa shape index (κ1) is 15.1. The molecule has 0 heterocycles. The summed E-state index contributed by atoms with van der Waals surface area (Å²) in [5.74, 6) is -1.06. The zero-order valence-electron chi connectivity index (χ0n) is 11.4. The maximum Gasteiger partial charge on any atom is 0.131 e. The van der Waals surface area contributed by atoms with E-state index in [0.717, 1.165) is 15.6 Å². The molecule has 0 aliphatic rings. The average Bonchev–Trinajstić information content (AvgIpc) is 2.41. The molecule has 1 unspecified atom stereocenters. The highest BCUT2D eigenvalue weighted by molar-refractivity contribution is 9.10. The summed E-state index contributed by atoms with van der Waals surface area (Å²) >= 11 is 3.43. The van der Waals surface area contributed by atoms with Crippen molar-refractivity contribution < 1.29 is 8.78 Å². The van der Waals surface area contributed by atoms with Gasteiger partial charge in [-0.1, -0.05) is 41.1 Å². The molecule has 0 aliphatic heterocycles. The molecule has 0 spiro atoms. The smallest absolute Gasteiger partial charge is 0.131 e. The zero-order chi connectivity index (χ0) is 14.7. The van der Waals surface area contributed by atoms with Crippen molar-refractivity contribution in [1.82, 2.24) is 5.32 Å². The average molecular weight is 340 g/mol. The van der Waals surface area contributed by atoms with Crippen molar-refractivity contribution in [2.75, 3.05) is 6.54 Å². The minimum Gasteiger partial charge on any atom is -0.306 e. The molecule has 1 atom stereocenters. The van der Waals surface area contributed by atoms with E-state index in [1.807, 2.05) is 32.0 Å². The van der Waals surface area contributed by atoms with Crippen LogP contribution in [0, 0.1) is 18.6 Å². The Labute approximate surface area is 126 Å². The van der Waals surface area contributed by atoms with Crippen molar-refractivity contribution in [2.45, 2.75) is 19.9 Å². The molecule has 1 N–H and O–H groups in total. The summed E-state index contributed by atoms with van der Waals surface area (Å²) in [4.78, 5) is 0. The molecule has 0 saturated carbocycles. The highest BCUT2D eigenvalue weighted by Crippen LogP contribution is 2.29. The first-order valence-corrected chi connectivity index (χ1v) is 7.27. The van der Waals surface area contributed by atoms with Gasteiger partial charge in [-0.15, -0.1) is 0 Å². The van der Waals surface area contributed by atoms with E-state index in [-0.39, 0.29) is 5.56 Å². The Morgan fingerprint density at radius 3 is 2.35 bits per heavy atom. The summed E-state index contributed by atoms with van der Waals surface area (Å²) in [5.41, 5.74) is 1.94. The predicted octanol–water partition coefficient (Wildman–Crippen LogP) is 4.73. The van der Waals surface area contributed by atoms with Gasteiger partial charge in [-0.05, 0) is 42.8 Å². The Kier molecular flexibility index (Phi) is 4.89. The summed E-state index contributed by atoms with van der Waals surface area (Å²) in [6, 6.07) is 9.16. The van der Waals surface area contributed by atoms with Crippen LogP contribution in [0.15, 0.2) is 40.9 Å². The molecule has 106 valence electrons. The molecule has 0 bridgehead atoms. The lowest BCUT2D eigenvalue weighted by Crippen LogP contribution is -2.24. The molecule has 2 aromatic carbocycles. The van der Waals surface area contributed by atoms with E-state index in [9.17, 15) is 8.78 Å². The lowest BCUT2D eigenvalue weighted by Gasteiger charge is -2.21. The Hall–Kier alpha value is -1.26. The number of hydrogen-bond acceptors (Lipinski definition) is 1. The van der Waals surface area contributed by atoms with Gasteiger partial charge in [-0.2, -0.15) is 0 Å². The lowest BCUT2D eigenvalue weighted by atomic mass is 9.96. The molecule has 20 heavy (non-hydrogen) atoms. The molecule has 1 nitrogen and oxygen atoms in total. The fourth-order valence-electron chi connectivity index (χ4n) is 2.22. The topological polar surface area (TPSA) is 12.0 Å². The van der Waals surface area contributed by atoms with Crippen molar-refractivity contribution >= 4 is 15.9 Å². The van der Waals surface area contributed by atoms with Crippen molar-refractivity contribution in [1.29, 1.82) is 0 Å². The second-order valence-corrected chi connectivity index (χ2v) is 5.49. The molecule has 0 fully saturated rings. The molecule has 0 saturated heterocycles. The Morgan fingerprint density at radius 1 is 1.15 bits per heavy atom. The van der Waals surface area contributed by atoms with E-state index >= 15 is 0 Å².